The van der Waals surface area contributed by atoms with Crippen LogP contribution >= 0.6 is 11.3 Å². The van der Waals surface area contributed by atoms with Crippen LogP contribution in [0.15, 0.2) is 72.9 Å². The fourth-order valence-corrected chi connectivity index (χ4v) is 5.62. The molecule has 6 aromatic rings. The largest absolute Gasteiger partial charge is 0.462 e. The number of aryl methyl sites for hydroxylation is 1. The zero-order valence-corrected chi connectivity index (χ0v) is 22.5. The quantitative estimate of drug-likeness (QED) is 0.150. The van der Waals surface area contributed by atoms with Crippen molar-refractivity contribution in [1.82, 2.24) is 19.7 Å². The molecule has 1 amide bonds. The number of ether oxygens (including phenoxy) is 1. The van der Waals surface area contributed by atoms with Gasteiger partial charge < -0.3 is 10.1 Å². The zero-order valence-electron chi connectivity index (χ0n) is 21.7. The first-order chi connectivity index (χ1) is 19.4. The highest BCUT2D eigenvalue weighted by Crippen LogP contribution is 2.34. The molecule has 0 bridgehead atoms. The Morgan fingerprint density at radius 2 is 1.73 bits per heavy atom. The van der Waals surface area contributed by atoms with E-state index < -0.39 is 18.3 Å². The molecule has 0 aliphatic rings. The van der Waals surface area contributed by atoms with Gasteiger partial charge in [0, 0.05) is 10.9 Å². The summed E-state index contributed by atoms with van der Waals surface area (Å²) in [6.07, 6.45) is 1.14. The molecular formula is C30H23N5O4S. The minimum Gasteiger partial charge on any atom is -0.462 e. The van der Waals surface area contributed by atoms with Gasteiger partial charge in [0.15, 0.2) is 11.4 Å². The molecule has 6 rings (SSSR count). The van der Waals surface area contributed by atoms with E-state index in [1.54, 1.807) is 48.9 Å². The Labute approximate surface area is 232 Å². The predicted octanol–water partition coefficient (Wildman–Crippen LogP) is 5.88. The van der Waals surface area contributed by atoms with Gasteiger partial charge in [0.25, 0.3) is 0 Å². The van der Waals surface area contributed by atoms with E-state index >= 15 is 0 Å². The lowest BCUT2D eigenvalue weighted by atomic mass is 10.1. The third-order valence-electron chi connectivity index (χ3n) is 6.51. The Bertz CT molecular complexity index is 1940. The molecule has 40 heavy (non-hydrogen) atoms. The lowest BCUT2D eigenvalue weighted by Gasteiger charge is -2.14. The highest BCUT2D eigenvalue weighted by molar-refractivity contribution is 7.21. The molecule has 0 fully saturated rings. The zero-order chi connectivity index (χ0) is 27.8. The van der Waals surface area contributed by atoms with Gasteiger partial charge in [-0.1, -0.05) is 72.0 Å². The summed E-state index contributed by atoms with van der Waals surface area (Å²) < 4.78 is 7.86. The van der Waals surface area contributed by atoms with E-state index in [0.717, 1.165) is 21.0 Å². The molecule has 0 aliphatic heterocycles. The fourth-order valence-electron chi connectivity index (χ4n) is 4.67. The summed E-state index contributed by atoms with van der Waals surface area (Å²) in [7, 11) is 0. The molecule has 0 radical (unpaired) electrons. The van der Waals surface area contributed by atoms with Crippen molar-refractivity contribution in [1.29, 1.82) is 0 Å². The van der Waals surface area contributed by atoms with Crippen molar-refractivity contribution in [3.05, 3.63) is 89.7 Å². The maximum absolute atomic E-state index is 13.1. The van der Waals surface area contributed by atoms with Crippen LogP contribution in [0.25, 0.3) is 37.2 Å². The molecule has 0 saturated carbocycles. The lowest BCUT2D eigenvalue weighted by molar-refractivity contribution is -0.115. The molecule has 0 saturated heterocycles. The number of Topliss-reactive ketones (excluding diaryl/α,β-unsaturated/α-hetero) is 1. The van der Waals surface area contributed by atoms with Gasteiger partial charge in [-0.05, 0) is 25.3 Å². The Morgan fingerprint density at radius 1 is 0.950 bits per heavy atom. The number of benzene rings is 3. The van der Waals surface area contributed by atoms with Gasteiger partial charge in [0.1, 0.15) is 5.56 Å². The average Bonchev–Trinajstić information content (AvgIpc) is 3.58. The maximum atomic E-state index is 13.1. The monoisotopic (exact) mass is 549 g/mol. The number of hydrogen-bond donors (Lipinski definition) is 1. The molecule has 9 nitrogen and oxygen atoms in total. The Hall–Kier alpha value is -4.96. The lowest BCUT2D eigenvalue weighted by Crippen LogP contribution is -2.20. The number of ketones is 1. The van der Waals surface area contributed by atoms with E-state index in [-0.39, 0.29) is 23.6 Å². The minimum absolute atomic E-state index is 0.115. The van der Waals surface area contributed by atoms with Crippen molar-refractivity contribution < 1.29 is 19.1 Å². The number of hydrogen-bond acceptors (Lipinski definition) is 8. The number of esters is 1. The van der Waals surface area contributed by atoms with Crippen molar-refractivity contribution in [2.45, 2.75) is 20.3 Å². The minimum atomic E-state index is -0.627. The van der Waals surface area contributed by atoms with Crippen molar-refractivity contribution in [2.75, 3.05) is 11.9 Å². The first-order valence-electron chi connectivity index (χ1n) is 12.7. The molecular weight excluding hydrogens is 526 g/mol. The summed E-state index contributed by atoms with van der Waals surface area (Å²) >= 11 is 1.46. The van der Waals surface area contributed by atoms with E-state index in [4.69, 9.17) is 9.72 Å². The molecule has 3 heterocycles. The Morgan fingerprint density at radius 3 is 2.52 bits per heavy atom. The second kappa shape index (κ2) is 10.3. The van der Waals surface area contributed by atoms with Gasteiger partial charge in [0.05, 0.1) is 46.2 Å². The SMILES string of the molecule is CCOC(=O)c1c(C)nc2c(cnn2-c2nc3c(ccc4ccccc43)s2)c1NC(=O)CC(=O)c1ccccc1. The second-order valence-corrected chi connectivity index (χ2v) is 10.1. The van der Waals surface area contributed by atoms with Gasteiger partial charge in [-0.3, -0.25) is 9.59 Å². The van der Waals surface area contributed by atoms with Crippen molar-refractivity contribution in [3.63, 3.8) is 0 Å². The summed E-state index contributed by atoms with van der Waals surface area (Å²) in [5.41, 5.74) is 2.36. The van der Waals surface area contributed by atoms with Crippen LogP contribution in [0.5, 0.6) is 0 Å². The van der Waals surface area contributed by atoms with Gasteiger partial charge in [-0.2, -0.15) is 9.78 Å². The Kier molecular flexibility index (Phi) is 6.53. The van der Waals surface area contributed by atoms with E-state index in [2.05, 4.69) is 21.5 Å². The normalized spacial score (nSPS) is 11.2. The fraction of sp³-hybridized carbons (Fsp3) is 0.133. The first kappa shape index (κ1) is 25.3. The number of aromatic nitrogens is 4. The van der Waals surface area contributed by atoms with Gasteiger partial charge in [-0.25, -0.2) is 14.8 Å². The highest BCUT2D eigenvalue weighted by atomic mass is 32.1. The molecule has 3 aromatic carbocycles. The van der Waals surface area contributed by atoms with E-state index in [0.29, 0.717) is 27.4 Å². The van der Waals surface area contributed by atoms with Gasteiger partial charge >= 0.3 is 5.97 Å². The van der Waals surface area contributed by atoms with Crippen LogP contribution in [0.1, 0.15) is 39.8 Å². The summed E-state index contributed by atoms with van der Waals surface area (Å²) in [4.78, 5) is 48.2. The molecule has 0 spiro atoms. The third-order valence-corrected chi connectivity index (χ3v) is 7.51. The number of anilines is 1. The molecule has 10 heteroatoms. The first-order valence-corrected chi connectivity index (χ1v) is 13.5. The summed E-state index contributed by atoms with van der Waals surface area (Å²) in [6, 6.07) is 20.7. The van der Waals surface area contributed by atoms with E-state index in [1.165, 1.54) is 17.5 Å². The summed E-state index contributed by atoms with van der Waals surface area (Å²) in [5, 5.41) is 10.5. The topological polar surface area (TPSA) is 116 Å². The number of fused-ring (bicyclic) bond motifs is 4. The molecule has 0 unspecified atom stereocenters. The summed E-state index contributed by atoms with van der Waals surface area (Å²) in [5.74, 6) is -1.53. The predicted molar refractivity (Wildman–Crippen MR) is 154 cm³/mol. The average molecular weight is 550 g/mol. The van der Waals surface area contributed by atoms with Gasteiger partial charge in [-0.15, -0.1) is 0 Å². The van der Waals surface area contributed by atoms with Crippen molar-refractivity contribution in [3.8, 4) is 5.13 Å². The van der Waals surface area contributed by atoms with Crippen LogP contribution in [-0.2, 0) is 9.53 Å². The smallest absolute Gasteiger partial charge is 0.342 e. The third kappa shape index (κ3) is 4.48. The van der Waals surface area contributed by atoms with Crippen LogP contribution in [-0.4, -0.2) is 44.0 Å². The highest BCUT2D eigenvalue weighted by Gasteiger charge is 2.26. The maximum Gasteiger partial charge on any atom is 0.342 e. The van der Waals surface area contributed by atoms with Crippen LogP contribution in [0, 0.1) is 6.92 Å². The molecule has 3 aromatic heterocycles. The number of nitrogens with one attached hydrogen (secondary N) is 1. The van der Waals surface area contributed by atoms with Crippen LogP contribution < -0.4 is 5.32 Å². The number of nitrogens with zero attached hydrogens (tertiary/aromatic N) is 4. The number of carbonyl (C=O) groups excluding carboxylic acids is 3. The van der Waals surface area contributed by atoms with Crippen molar-refractivity contribution in [2.24, 2.45) is 0 Å². The van der Waals surface area contributed by atoms with Gasteiger partial charge in [0.2, 0.25) is 11.0 Å². The molecule has 1 N–H and O–H groups in total. The van der Waals surface area contributed by atoms with Crippen molar-refractivity contribution >= 4 is 66.7 Å². The van der Waals surface area contributed by atoms with Crippen LogP contribution in [0.3, 0.4) is 0 Å². The number of amides is 1. The Balaban J connectivity index is 1.44. The molecule has 0 aliphatic carbocycles. The second-order valence-electron chi connectivity index (χ2n) is 9.11. The van der Waals surface area contributed by atoms with Crippen LogP contribution in [0.4, 0.5) is 5.69 Å². The molecule has 0 atom stereocenters. The number of pyridine rings is 1. The summed E-state index contributed by atoms with van der Waals surface area (Å²) in [6.45, 7) is 3.51. The van der Waals surface area contributed by atoms with E-state index in [1.807, 2.05) is 30.3 Å². The number of carbonyl (C=O) groups is 3. The van der Waals surface area contributed by atoms with Crippen LogP contribution in [0.2, 0.25) is 0 Å². The standard InChI is InChI=1S/C30H23N5O4S/c1-3-39-29(38)25-17(2)32-28-21(27(25)33-24(37)15-22(36)19-10-5-4-6-11-19)16-31-35(28)30-34-26-20-12-8-7-9-18(20)13-14-23(26)40-30/h4-14,16H,3,15H2,1-2H3,(H,32,33,37). The molecule has 198 valence electrons. The number of thiazole rings is 1. The van der Waals surface area contributed by atoms with E-state index in [9.17, 15) is 14.4 Å². The number of rotatable bonds is 7.